The average Bonchev–Trinajstić information content (AvgIpc) is 3.22. The van der Waals surface area contributed by atoms with Crippen molar-refractivity contribution in [1.29, 1.82) is 10.5 Å². The summed E-state index contributed by atoms with van der Waals surface area (Å²) in [4.78, 5) is 6.12. The van der Waals surface area contributed by atoms with Crippen molar-refractivity contribution in [1.82, 2.24) is 9.97 Å². The quantitative estimate of drug-likeness (QED) is 0.510. The lowest BCUT2D eigenvalue weighted by Gasteiger charge is -1.88. The van der Waals surface area contributed by atoms with Crippen LogP contribution in [0.25, 0.3) is 21.8 Å². The number of nitriles is 2. The highest BCUT2D eigenvalue weighted by molar-refractivity contribution is 5.81. The van der Waals surface area contributed by atoms with Gasteiger partial charge < -0.3 is 9.97 Å². The zero-order chi connectivity index (χ0) is 15.4. The SMILES string of the molecule is N#Cc1ccc2[nH]ccc2c1.N#Cc1ccc2[nH]ccc2c1. The standard InChI is InChI=1S/2C9H6N2/c2*10-6-7-1-2-9-8(5-7)3-4-11-9/h2*1-5,11H. The van der Waals surface area contributed by atoms with Gasteiger partial charge in [0.2, 0.25) is 0 Å². The van der Waals surface area contributed by atoms with Crippen LogP contribution in [0.1, 0.15) is 11.1 Å². The maximum atomic E-state index is 8.57. The summed E-state index contributed by atoms with van der Waals surface area (Å²) in [5.74, 6) is 0. The van der Waals surface area contributed by atoms with Crippen molar-refractivity contribution in [3.05, 3.63) is 72.1 Å². The molecule has 0 bridgehead atoms. The second-order valence-electron chi connectivity index (χ2n) is 4.78. The molecule has 22 heavy (non-hydrogen) atoms. The molecule has 104 valence electrons. The molecule has 0 atom stereocenters. The highest BCUT2D eigenvalue weighted by atomic mass is 14.7. The highest BCUT2D eigenvalue weighted by Crippen LogP contribution is 2.13. The lowest BCUT2D eigenvalue weighted by Crippen LogP contribution is -1.71. The van der Waals surface area contributed by atoms with Gasteiger partial charge in [0.25, 0.3) is 0 Å². The topological polar surface area (TPSA) is 79.2 Å². The Bertz CT molecular complexity index is 925. The summed E-state index contributed by atoms with van der Waals surface area (Å²) in [6, 6.07) is 19.3. The van der Waals surface area contributed by atoms with Gasteiger partial charge in [-0.05, 0) is 48.5 Å². The van der Waals surface area contributed by atoms with Crippen molar-refractivity contribution in [2.24, 2.45) is 0 Å². The van der Waals surface area contributed by atoms with Crippen LogP contribution in [0.2, 0.25) is 0 Å². The van der Waals surface area contributed by atoms with E-state index in [2.05, 4.69) is 22.1 Å². The molecule has 2 aromatic heterocycles. The summed E-state index contributed by atoms with van der Waals surface area (Å²) in [5.41, 5.74) is 3.56. The van der Waals surface area contributed by atoms with Gasteiger partial charge in [0.15, 0.2) is 0 Å². The molecule has 0 aliphatic rings. The predicted octanol–water partition coefficient (Wildman–Crippen LogP) is 4.08. The number of nitrogens with one attached hydrogen (secondary N) is 2. The van der Waals surface area contributed by atoms with Crippen molar-refractivity contribution in [3.8, 4) is 12.1 Å². The van der Waals surface area contributed by atoms with Crippen LogP contribution in [0.3, 0.4) is 0 Å². The zero-order valence-electron chi connectivity index (χ0n) is 11.7. The number of nitrogens with zero attached hydrogens (tertiary/aromatic N) is 2. The molecular formula is C18H12N4. The van der Waals surface area contributed by atoms with Crippen LogP contribution >= 0.6 is 0 Å². The third-order valence-corrected chi connectivity index (χ3v) is 3.36. The third-order valence-electron chi connectivity index (χ3n) is 3.36. The number of benzene rings is 2. The van der Waals surface area contributed by atoms with Crippen LogP contribution in [0.15, 0.2) is 60.9 Å². The molecule has 0 fully saturated rings. The molecule has 4 nitrogen and oxygen atoms in total. The van der Waals surface area contributed by atoms with E-state index in [0.29, 0.717) is 11.1 Å². The fraction of sp³-hybridized carbons (Fsp3) is 0. The number of aromatic amines is 2. The van der Waals surface area contributed by atoms with Crippen LogP contribution in [-0.4, -0.2) is 9.97 Å². The molecule has 0 radical (unpaired) electrons. The molecule has 0 unspecified atom stereocenters. The Labute approximate surface area is 127 Å². The zero-order valence-corrected chi connectivity index (χ0v) is 11.7. The summed E-state index contributed by atoms with van der Waals surface area (Å²) >= 11 is 0. The maximum absolute atomic E-state index is 8.57. The van der Waals surface area contributed by atoms with Gasteiger partial charge >= 0.3 is 0 Å². The molecule has 2 aromatic carbocycles. The minimum atomic E-state index is 0.706. The molecule has 0 aliphatic heterocycles. The first-order valence-corrected chi connectivity index (χ1v) is 6.74. The molecule has 4 aromatic rings. The van der Waals surface area contributed by atoms with E-state index >= 15 is 0 Å². The number of rotatable bonds is 0. The molecule has 0 aliphatic carbocycles. The average molecular weight is 284 g/mol. The van der Waals surface area contributed by atoms with E-state index < -0.39 is 0 Å². The Kier molecular flexibility index (Phi) is 3.59. The van der Waals surface area contributed by atoms with E-state index in [9.17, 15) is 0 Å². The second kappa shape index (κ2) is 5.87. The second-order valence-corrected chi connectivity index (χ2v) is 4.78. The van der Waals surface area contributed by atoms with Crippen LogP contribution in [0, 0.1) is 22.7 Å². The number of hydrogen-bond donors (Lipinski definition) is 2. The van der Waals surface area contributed by atoms with E-state index in [1.807, 2.05) is 48.8 Å². The molecule has 4 rings (SSSR count). The van der Waals surface area contributed by atoms with Crippen LogP contribution in [-0.2, 0) is 0 Å². The van der Waals surface area contributed by atoms with E-state index in [4.69, 9.17) is 10.5 Å². The summed E-state index contributed by atoms with van der Waals surface area (Å²) in [7, 11) is 0. The van der Waals surface area contributed by atoms with Gasteiger partial charge in [0, 0.05) is 34.2 Å². The number of aromatic nitrogens is 2. The lowest BCUT2D eigenvalue weighted by atomic mass is 10.2. The predicted molar refractivity (Wildman–Crippen MR) is 86.0 cm³/mol. The molecule has 0 saturated heterocycles. The molecule has 0 saturated carbocycles. The highest BCUT2D eigenvalue weighted by Gasteiger charge is 1.94. The Hall–Kier alpha value is -3.50. The summed E-state index contributed by atoms with van der Waals surface area (Å²) in [6.07, 6.45) is 3.73. The molecule has 2 N–H and O–H groups in total. The van der Waals surface area contributed by atoms with Crippen molar-refractivity contribution in [2.45, 2.75) is 0 Å². The van der Waals surface area contributed by atoms with Crippen LogP contribution in [0.5, 0.6) is 0 Å². The summed E-state index contributed by atoms with van der Waals surface area (Å²) in [5, 5.41) is 19.3. The van der Waals surface area contributed by atoms with E-state index in [-0.39, 0.29) is 0 Å². The number of fused-ring (bicyclic) bond motifs is 2. The number of hydrogen-bond acceptors (Lipinski definition) is 2. The van der Waals surface area contributed by atoms with Gasteiger partial charge in [-0.15, -0.1) is 0 Å². The first-order valence-electron chi connectivity index (χ1n) is 6.74. The smallest absolute Gasteiger partial charge is 0.0991 e. The fourth-order valence-electron chi connectivity index (χ4n) is 2.25. The van der Waals surface area contributed by atoms with Gasteiger partial charge in [-0.3, -0.25) is 0 Å². The van der Waals surface area contributed by atoms with E-state index in [0.717, 1.165) is 21.8 Å². The summed E-state index contributed by atoms with van der Waals surface area (Å²) in [6.45, 7) is 0. The van der Waals surface area contributed by atoms with Gasteiger partial charge in [-0.1, -0.05) is 0 Å². The largest absolute Gasteiger partial charge is 0.361 e. The third kappa shape index (κ3) is 2.67. The number of H-pyrrole nitrogens is 2. The van der Waals surface area contributed by atoms with Crippen LogP contribution in [0.4, 0.5) is 0 Å². The van der Waals surface area contributed by atoms with E-state index in [1.54, 1.807) is 12.1 Å². The molecular weight excluding hydrogens is 272 g/mol. The maximum Gasteiger partial charge on any atom is 0.0991 e. The van der Waals surface area contributed by atoms with Gasteiger partial charge in [0.05, 0.1) is 23.3 Å². The molecule has 4 heteroatoms. The van der Waals surface area contributed by atoms with Gasteiger partial charge in [0.1, 0.15) is 0 Å². The van der Waals surface area contributed by atoms with Crippen LogP contribution < -0.4 is 0 Å². The first kappa shape index (κ1) is 13.5. The lowest BCUT2D eigenvalue weighted by molar-refractivity contribution is 1.47. The minimum absolute atomic E-state index is 0.706. The minimum Gasteiger partial charge on any atom is -0.361 e. The molecule has 0 amide bonds. The normalized spacial score (nSPS) is 9.73. The Balaban J connectivity index is 0.000000131. The Morgan fingerprint density at radius 3 is 1.50 bits per heavy atom. The summed E-state index contributed by atoms with van der Waals surface area (Å²) < 4.78 is 0. The monoisotopic (exact) mass is 284 g/mol. The van der Waals surface area contributed by atoms with Crippen molar-refractivity contribution < 1.29 is 0 Å². The van der Waals surface area contributed by atoms with Gasteiger partial charge in [-0.2, -0.15) is 10.5 Å². The molecule has 2 heterocycles. The van der Waals surface area contributed by atoms with Gasteiger partial charge in [-0.25, -0.2) is 0 Å². The molecule has 0 spiro atoms. The fourth-order valence-corrected chi connectivity index (χ4v) is 2.25. The van der Waals surface area contributed by atoms with Crippen molar-refractivity contribution in [2.75, 3.05) is 0 Å². The van der Waals surface area contributed by atoms with Crippen molar-refractivity contribution in [3.63, 3.8) is 0 Å². The Morgan fingerprint density at radius 2 is 1.09 bits per heavy atom. The van der Waals surface area contributed by atoms with E-state index in [1.165, 1.54) is 0 Å². The Morgan fingerprint density at radius 1 is 0.636 bits per heavy atom. The van der Waals surface area contributed by atoms with Crippen molar-refractivity contribution >= 4 is 21.8 Å². The first-order chi connectivity index (χ1) is 10.8.